The number of H-pyrrole nitrogens is 1. The fourth-order valence-corrected chi connectivity index (χ4v) is 3.54. The van der Waals surface area contributed by atoms with Gasteiger partial charge < -0.3 is 15.0 Å². The van der Waals surface area contributed by atoms with Crippen LogP contribution in [-0.4, -0.2) is 44.6 Å². The average molecular weight is 331 g/mol. The van der Waals surface area contributed by atoms with E-state index in [1.165, 1.54) is 0 Å². The first-order chi connectivity index (χ1) is 10.8. The zero-order chi connectivity index (χ0) is 16.7. The topological polar surface area (TPSA) is 69.2 Å². The Bertz CT molecular complexity index is 579. The van der Waals surface area contributed by atoms with Crippen molar-refractivity contribution in [2.24, 2.45) is 0 Å². The Labute approximate surface area is 131 Å². The maximum Gasteiger partial charge on any atom is 0.432 e. The molecule has 0 aromatic carbocycles. The van der Waals surface area contributed by atoms with Crippen molar-refractivity contribution in [3.8, 4) is 0 Å². The van der Waals surface area contributed by atoms with Crippen LogP contribution in [-0.2, 0) is 11.0 Å². The van der Waals surface area contributed by atoms with Gasteiger partial charge in [0.05, 0.1) is 6.20 Å². The molecule has 2 N–H and O–H groups in total. The molecule has 5 nitrogen and oxygen atoms in total. The first-order valence-electron chi connectivity index (χ1n) is 7.93. The van der Waals surface area contributed by atoms with E-state index in [0.29, 0.717) is 38.8 Å². The molecule has 2 fully saturated rings. The van der Waals surface area contributed by atoms with E-state index >= 15 is 0 Å². The highest BCUT2D eigenvalue weighted by Gasteiger charge is 2.43. The summed E-state index contributed by atoms with van der Waals surface area (Å²) in [5.74, 6) is -0.288. The number of aromatic nitrogens is 2. The molecule has 0 radical (unpaired) electrons. The largest absolute Gasteiger partial charge is 0.432 e. The number of alkyl halides is 3. The molecule has 1 aromatic rings. The monoisotopic (exact) mass is 331 g/mol. The summed E-state index contributed by atoms with van der Waals surface area (Å²) in [7, 11) is 0. The predicted octanol–water partition coefficient (Wildman–Crippen LogP) is 2.44. The summed E-state index contributed by atoms with van der Waals surface area (Å²) >= 11 is 0. The van der Waals surface area contributed by atoms with Gasteiger partial charge in [0.1, 0.15) is 17.1 Å². The van der Waals surface area contributed by atoms with Crippen molar-refractivity contribution in [1.82, 2.24) is 14.9 Å². The van der Waals surface area contributed by atoms with Crippen LogP contribution in [0.15, 0.2) is 6.20 Å². The highest BCUT2D eigenvalue weighted by atomic mass is 19.4. The third kappa shape index (κ3) is 3.22. The van der Waals surface area contributed by atoms with Gasteiger partial charge in [-0.05, 0) is 38.5 Å². The molecule has 0 bridgehead atoms. The molecular weight excluding hydrogens is 311 g/mol. The van der Waals surface area contributed by atoms with Gasteiger partial charge in [-0.15, -0.1) is 0 Å². The van der Waals surface area contributed by atoms with Gasteiger partial charge in [-0.25, -0.2) is 4.98 Å². The number of aromatic amines is 1. The lowest BCUT2D eigenvalue weighted by Gasteiger charge is -2.36. The van der Waals surface area contributed by atoms with E-state index in [1.54, 1.807) is 4.90 Å². The zero-order valence-electron chi connectivity index (χ0n) is 12.7. The van der Waals surface area contributed by atoms with E-state index in [0.717, 1.165) is 19.0 Å². The second-order valence-electron chi connectivity index (χ2n) is 6.51. The molecular formula is C15H20F3N3O2. The van der Waals surface area contributed by atoms with E-state index in [9.17, 15) is 23.1 Å². The third-order valence-electron chi connectivity index (χ3n) is 4.82. The van der Waals surface area contributed by atoms with Crippen LogP contribution in [0.2, 0.25) is 0 Å². The van der Waals surface area contributed by atoms with Crippen LogP contribution < -0.4 is 0 Å². The molecule has 1 aliphatic carbocycles. The fourth-order valence-electron chi connectivity index (χ4n) is 3.54. The minimum Gasteiger partial charge on any atom is -0.380 e. The highest BCUT2D eigenvalue weighted by molar-refractivity contribution is 5.85. The molecule has 2 aliphatic rings. The number of hydrogen-bond donors (Lipinski definition) is 2. The predicted molar refractivity (Wildman–Crippen MR) is 75.6 cm³/mol. The van der Waals surface area contributed by atoms with Crippen LogP contribution >= 0.6 is 0 Å². The van der Waals surface area contributed by atoms with E-state index in [-0.39, 0.29) is 17.6 Å². The van der Waals surface area contributed by atoms with Crippen LogP contribution in [0, 0.1) is 0 Å². The number of piperidine rings is 1. The van der Waals surface area contributed by atoms with E-state index in [2.05, 4.69) is 9.97 Å². The SMILES string of the molecule is O=C(N1CCC[C@@H](c2ncc(C(F)(F)F)[nH]2)C1)C1(O)CCCC1. The van der Waals surface area contributed by atoms with Crippen molar-refractivity contribution in [2.75, 3.05) is 13.1 Å². The number of imidazole rings is 1. The number of amides is 1. The summed E-state index contributed by atoms with van der Waals surface area (Å²) in [6.07, 6.45) is 0.286. The number of carbonyl (C=O) groups excluding carboxylic acids is 1. The maximum absolute atomic E-state index is 12.7. The van der Waals surface area contributed by atoms with Gasteiger partial charge in [0.15, 0.2) is 0 Å². The molecule has 1 saturated carbocycles. The lowest BCUT2D eigenvalue weighted by atomic mass is 9.94. The van der Waals surface area contributed by atoms with Gasteiger partial charge in [0, 0.05) is 19.0 Å². The molecule has 0 unspecified atom stereocenters. The van der Waals surface area contributed by atoms with Gasteiger partial charge in [-0.2, -0.15) is 13.2 Å². The lowest BCUT2D eigenvalue weighted by molar-refractivity contribution is -0.152. The van der Waals surface area contributed by atoms with Gasteiger partial charge in [0.25, 0.3) is 5.91 Å². The summed E-state index contributed by atoms with van der Waals surface area (Å²) in [6, 6.07) is 0. The van der Waals surface area contributed by atoms with Crippen LogP contribution in [0.1, 0.15) is 56.0 Å². The molecule has 1 atom stereocenters. The van der Waals surface area contributed by atoms with Crippen molar-refractivity contribution < 1.29 is 23.1 Å². The number of aliphatic hydroxyl groups is 1. The molecule has 1 aromatic heterocycles. The van der Waals surface area contributed by atoms with Gasteiger partial charge >= 0.3 is 6.18 Å². The number of hydrogen-bond acceptors (Lipinski definition) is 3. The first-order valence-corrected chi connectivity index (χ1v) is 7.93. The quantitative estimate of drug-likeness (QED) is 0.874. The number of halogens is 3. The Kier molecular flexibility index (Phi) is 4.12. The standard InChI is InChI=1S/C15H20F3N3O2/c16-15(17,18)11-8-19-12(20-11)10-4-3-7-21(9-10)13(22)14(23)5-1-2-6-14/h8,10,23H,1-7,9H2,(H,19,20)/t10-/m1/s1. The van der Waals surface area contributed by atoms with E-state index in [1.807, 2.05) is 0 Å². The Morgan fingerprint density at radius 3 is 2.65 bits per heavy atom. The maximum atomic E-state index is 12.7. The van der Waals surface area contributed by atoms with Crippen molar-refractivity contribution in [1.29, 1.82) is 0 Å². The molecule has 1 amide bonds. The van der Waals surface area contributed by atoms with Gasteiger partial charge in [-0.3, -0.25) is 4.79 Å². The van der Waals surface area contributed by atoms with Crippen LogP contribution in [0.3, 0.4) is 0 Å². The van der Waals surface area contributed by atoms with Crippen LogP contribution in [0.25, 0.3) is 0 Å². The molecule has 3 rings (SSSR count). The Morgan fingerprint density at radius 1 is 1.35 bits per heavy atom. The Hall–Kier alpha value is -1.57. The van der Waals surface area contributed by atoms with Gasteiger partial charge in [0.2, 0.25) is 0 Å². The Morgan fingerprint density at radius 2 is 2.04 bits per heavy atom. The van der Waals surface area contributed by atoms with Crippen molar-refractivity contribution in [3.05, 3.63) is 17.7 Å². The molecule has 8 heteroatoms. The molecule has 1 aliphatic heterocycles. The Balaban J connectivity index is 1.71. The molecule has 0 spiro atoms. The number of nitrogens with one attached hydrogen (secondary N) is 1. The summed E-state index contributed by atoms with van der Waals surface area (Å²) in [4.78, 5) is 20.3. The average Bonchev–Trinajstić information content (AvgIpc) is 3.16. The molecule has 128 valence electrons. The van der Waals surface area contributed by atoms with Gasteiger partial charge in [-0.1, -0.05) is 0 Å². The highest BCUT2D eigenvalue weighted by Crippen LogP contribution is 2.34. The molecule has 23 heavy (non-hydrogen) atoms. The van der Waals surface area contributed by atoms with Crippen molar-refractivity contribution in [2.45, 2.75) is 56.2 Å². The minimum absolute atomic E-state index is 0.256. The second-order valence-corrected chi connectivity index (χ2v) is 6.51. The number of nitrogens with zero attached hydrogens (tertiary/aromatic N) is 2. The van der Waals surface area contributed by atoms with Crippen LogP contribution in [0.4, 0.5) is 13.2 Å². The lowest BCUT2D eigenvalue weighted by Crippen LogP contribution is -2.50. The minimum atomic E-state index is -4.45. The van der Waals surface area contributed by atoms with E-state index < -0.39 is 17.5 Å². The summed E-state index contributed by atoms with van der Waals surface area (Å²) < 4.78 is 38.0. The van der Waals surface area contributed by atoms with Crippen molar-refractivity contribution in [3.63, 3.8) is 0 Å². The summed E-state index contributed by atoms with van der Waals surface area (Å²) in [5.41, 5.74) is -2.16. The third-order valence-corrected chi connectivity index (χ3v) is 4.82. The van der Waals surface area contributed by atoms with Crippen LogP contribution in [0.5, 0.6) is 0 Å². The summed E-state index contributed by atoms with van der Waals surface area (Å²) in [6.45, 7) is 0.830. The number of carbonyl (C=O) groups is 1. The number of rotatable bonds is 2. The normalized spacial score (nSPS) is 24.9. The second kappa shape index (κ2) is 5.81. The fraction of sp³-hybridized carbons (Fsp3) is 0.733. The van der Waals surface area contributed by atoms with Crippen molar-refractivity contribution >= 4 is 5.91 Å². The first kappa shape index (κ1) is 16.3. The zero-order valence-corrected chi connectivity index (χ0v) is 12.7. The smallest absolute Gasteiger partial charge is 0.380 e. The molecule has 1 saturated heterocycles. The van der Waals surface area contributed by atoms with E-state index in [4.69, 9.17) is 0 Å². The summed E-state index contributed by atoms with van der Waals surface area (Å²) in [5, 5.41) is 10.4. The molecule has 2 heterocycles. The number of likely N-dealkylation sites (tertiary alicyclic amines) is 1.